The molecule has 0 saturated carbocycles. The predicted molar refractivity (Wildman–Crippen MR) is 71.7 cm³/mol. The number of carboxylic acid groups (broad SMARTS) is 1. The highest BCUT2D eigenvalue weighted by atomic mass is 16.5. The molecule has 2 atom stereocenters. The molecule has 1 amide bonds. The van der Waals surface area contributed by atoms with Gasteiger partial charge in [-0.1, -0.05) is 19.1 Å². The molecule has 1 aliphatic rings. The molecule has 6 nitrogen and oxygen atoms in total. The number of ether oxygens (including phenoxy) is 2. The Kier molecular flexibility index (Phi) is 4.57. The summed E-state index contributed by atoms with van der Waals surface area (Å²) in [4.78, 5) is 22.6. The van der Waals surface area contributed by atoms with Crippen molar-refractivity contribution in [2.45, 2.75) is 19.4 Å². The molecule has 20 heavy (non-hydrogen) atoms. The average Bonchev–Trinajstić information content (AvgIpc) is 2.84. The Morgan fingerprint density at radius 3 is 2.85 bits per heavy atom. The first kappa shape index (κ1) is 14.3. The second-order valence-electron chi connectivity index (χ2n) is 4.73. The predicted octanol–water partition coefficient (Wildman–Crippen LogP) is 1.51. The van der Waals surface area contributed by atoms with Crippen LogP contribution in [-0.2, 0) is 14.3 Å². The maximum absolute atomic E-state index is 12.1. The standard InChI is InChI=1S/C14H17NO5/c1-9-6-7-19-13(9)14(18)15-10-4-2-3-5-11(10)20-8-12(16)17/h2-5,9,13H,6-8H2,1H3,(H,15,18)(H,16,17). The highest BCUT2D eigenvalue weighted by Crippen LogP contribution is 2.26. The highest BCUT2D eigenvalue weighted by Gasteiger charge is 2.31. The largest absolute Gasteiger partial charge is 0.480 e. The second-order valence-corrected chi connectivity index (χ2v) is 4.73. The molecule has 0 spiro atoms. The van der Waals surface area contributed by atoms with Crippen LogP contribution in [-0.4, -0.2) is 36.3 Å². The number of carbonyl (C=O) groups is 2. The SMILES string of the molecule is CC1CCOC1C(=O)Nc1ccccc1OCC(=O)O. The summed E-state index contributed by atoms with van der Waals surface area (Å²) >= 11 is 0. The van der Waals surface area contributed by atoms with Crippen LogP contribution < -0.4 is 10.1 Å². The van der Waals surface area contributed by atoms with Crippen molar-refractivity contribution in [3.63, 3.8) is 0 Å². The number of hydrogen-bond acceptors (Lipinski definition) is 4. The van der Waals surface area contributed by atoms with Gasteiger partial charge < -0.3 is 19.9 Å². The molecular formula is C14H17NO5. The monoisotopic (exact) mass is 279 g/mol. The molecule has 108 valence electrons. The van der Waals surface area contributed by atoms with E-state index in [4.69, 9.17) is 14.6 Å². The minimum atomic E-state index is -1.07. The summed E-state index contributed by atoms with van der Waals surface area (Å²) in [5, 5.41) is 11.3. The van der Waals surface area contributed by atoms with Gasteiger partial charge in [-0.2, -0.15) is 0 Å². The van der Waals surface area contributed by atoms with E-state index in [-0.39, 0.29) is 11.8 Å². The van der Waals surface area contributed by atoms with Crippen molar-refractivity contribution < 1.29 is 24.2 Å². The Morgan fingerprint density at radius 1 is 1.45 bits per heavy atom. The number of rotatable bonds is 5. The van der Waals surface area contributed by atoms with E-state index in [1.807, 2.05) is 6.92 Å². The third-order valence-corrected chi connectivity index (χ3v) is 3.14. The van der Waals surface area contributed by atoms with E-state index in [1.54, 1.807) is 24.3 Å². The maximum atomic E-state index is 12.1. The molecule has 0 aliphatic carbocycles. The Morgan fingerprint density at radius 2 is 2.20 bits per heavy atom. The van der Waals surface area contributed by atoms with Crippen LogP contribution in [0.3, 0.4) is 0 Å². The minimum Gasteiger partial charge on any atom is -0.480 e. The lowest BCUT2D eigenvalue weighted by Crippen LogP contribution is -2.31. The molecule has 2 unspecified atom stereocenters. The molecule has 0 bridgehead atoms. The lowest BCUT2D eigenvalue weighted by molar-refractivity contribution is -0.139. The third kappa shape index (κ3) is 3.48. The number of benzene rings is 1. The van der Waals surface area contributed by atoms with E-state index in [0.29, 0.717) is 18.0 Å². The van der Waals surface area contributed by atoms with Crippen molar-refractivity contribution in [3.05, 3.63) is 24.3 Å². The number of para-hydroxylation sites is 2. The summed E-state index contributed by atoms with van der Waals surface area (Å²) in [5.74, 6) is -0.809. The Balaban J connectivity index is 2.04. The molecule has 2 rings (SSSR count). The normalized spacial score (nSPS) is 21.4. The van der Waals surface area contributed by atoms with Gasteiger partial charge in [0, 0.05) is 6.61 Å². The fourth-order valence-electron chi connectivity index (χ4n) is 2.07. The molecule has 1 heterocycles. The summed E-state index contributed by atoms with van der Waals surface area (Å²) in [5.41, 5.74) is 0.446. The number of aliphatic carboxylic acids is 1. The highest BCUT2D eigenvalue weighted by molar-refractivity contribution is 5.95. The van der Waals surface area contributed by atoms with Crippen molar-refractivity contribution >= 4 is 17.6 Å². The van der Waals surface area contributed by atoms with E-state index in [9.17, 15) is 9.59 Å². The fraction of sp³-hybridized carbons (Fsp3) is 0.429. The van der Waals surface area contributed by atoms with Gasteiger partial charge in [-0.15, -0.1) is 0 Å². The molecular weight excluding hydrogens is 262 g/mol. The van der Waals surface area contributed by atoms with E-state index in [1.165, 1.54) is 0 Å². The summed E-state index contributed by atoms with van der Waals surface area (Å²) < 4.78 is 10.5. The van der Waals surface area contributed by atoms with Gasteiger partial charge in [0.2, 0.25) is 0 Å². The first-order chi connectivity index (χ1) is 9.58. The van der Waals surface area contributed by atoms with Gasteiger partial charge >= 0.3 is 5.97 Å². The molecule has 1 saturated heterocycles. The van der Waals surface area contributed by atoms with Gasteiger partial charge in [-0.25, -0.2) is 4.79 Å². The lowest BCUT2D eigenvalue weighted by Gasteiger charge is -2.16. The van der Waals surface area contributed by atoms with E-state index in [2.05, 4.69) is 5.32 Å². The Bertz CT molecular complexity index is 502. The first-order valence-electron chi connectivity index (χ1n) is 6.44. The smallest absolute Gasteiger partial charge is 0.341 e. The van der Waals surface area contributed by atoms with Crippen LogP contribution in [0.1, 0.15) is 13.3 Å². The molecule has 0 aromatic heterocycles. The summed E-state index contributed by atoms with van der Waals surface area (Å²) in [6, 6.07) is 6.72. The van der Waals surface area contributed by atoms with Gasteiger partial charge in [0.25, 0.3) is 5.91 Å². The molecule has 2 N–H and O–H groups in total. The van der Waals surface area contributed by atoms with Crippen LogP contribution in [0, 0.1) is 5.92 Å². The van der Waals surface area contributed by atoms with Gasteiger partial charge in [0.1, 0.15) is 11.9 Å². The zero-order chi connectivity index (χ0) is 14.5. The number of amides is 1. The number of anilines is 1. The second kappa shape index (κ2) is 6.38. The lowest BCUT2D eigenvalue weighted by atomic mass is 10.0. The molecule has 1 aliphatic heterocycles. The van der Waals surface area contributed by atoms with Gasteiger partial charge in [0.05, 0.1) is 5.69 Å². The number of hydrogen-bond donors (Lipinski definition) is 2. The van der Waals surface area contributed by atoms with Crippen LogP contribution in [0.5, 0.6) is 5.75 Å². The first-order valence-corrected chi connectivity index (χ1v) is 6.44. The topological polar surface area (TPSA) is 84.9 Å². The molecule has 1 aromatic rings. The van der Waals surface area contributed by atoms with Crippen molar-refractivity contribution in [3.8, 4) is 5.75 Å². The number of carbonyl (C=O) groups excluding carboxylic acids is 1. The van der Waals surface area contributed by atoms with Crippen LogP contribution >= 0.6 is 0 Å². The molecule has 6 heteroatoms. The average molecular weight is 279 g/mol. The summed E-state index contributed by atoms with van der Waals surface area (Å²) in [6.45, 7) is 2.09. The van der Waals surface area contributed by atoms with E-state index in [0.717, 1.165) is 6.42 Å². The third-order valence-electron chi connectivity index (χ3n) is 3.14. The van der Waals surface area contributed by atoms with E-state index < -0.39 is 18.7 Å². The summed E-state index contributed by atoms with van der Waals surface area (Å²) in [7, 11) is 0. The van der Waals surface area contributed by atoms with Crippen LogP contribution in [0.4, 0.5) is 5.69 Å². The fourth-order valence-corrected chi connectivity index (χ4v) is 2.07. The molecule has 0 radical (unpaired) electrons. The van der Waals surface area contributed by atoms with Crippen LogP contribution in [0.2, 0.25) is 0 Å². The van der Waals surface area contributed by atoms with Crippen molar-refractivity contribution in [1.29, 1.82) is 0 Å². The zero-order valence-corrected chi connectivity index (χ0v) is 11.2. The quantitative estimate of drug-likeness (QED) is 0.853. The Labute approximate surface area is 116 Å². The molecule has 1 fully saturated rings. The summed E-state index contributed by atoms with van der Waals surface area (Å²) in [6.07, 6.45) is 0.387. The maximum Gasteiger partial charge on any atom is 0.341 e. The van der Waals surface area contributed by atoms with Crippen molar-refractivity contribution in [1.82, 2.24) is 0 Å². The Hall–Kier alpha value is -2.08. The minimum absolute atomic E-state index is 0.169. The zero-order valence-electron chi connectivity index (χ0n) is 11.2. The van der Waals surface area contributed by atoms with Crippen LogP contribution in [0.25, 0.3) is 0 Å². The van der Waals surface area contributed by atoms with E-state index >= 15 is 0 Å². The number of nitrogens with one attached hydrogen (secondary N) is 1. The van der Waals surface area contributed by atoms with Crippen LogP contribution in [0.15, 0.2) is 24.3 Å². The number of carboxylic acids is 1. The van der Waals surface area contributed by atoms with Gasteiger partial charge in [-0.3, -0.25) is 4.79 Å². The van der Waals surface area contributed by atoms with Crippen molar-refractivity contribution in [2.75, 3.05) is 18.5 Å². The molecule has 1 aromatic carbocycles. The van der Waals surface area contributed by atoms with Crippen molar-refractivity contribution in [2.24, 2.45) is 5.92 Å². The van der Waals surface area contributed by atoms with Gasteiger partial charge in [-0.05, 0) is 24.5 Å². The van der Waals surface area contributed by atoms with Gasteiger partial charge in [0.15, 0.2) is 6.61 Å².